The molecule has 0 fully saturated rings. The number of benzene rings is 4. The monoisotopic (exact) mass is 690 g/mol. The van der Waals surface area contributed by atoms with Crippen molar-refractivity contribution in [1.82, 2.24) is 0 Å². The number of carbonyl (C=O) groups is 1. The molecule has 0 heterocycles. The van der Waals surface area contributed by atoms with Crippen LogP contribution in [-0.2, 0) is 20.7 Å². The number of anilines is 1. The zero-order valence-corrected chi connectivity index (χ0v) is 28.5. The van der Waals surface area contributed by atoms with Crippen LogP contribution in [-0.4, -0.2) is 45.7 Å². The SMILES string of the molecule is CC(C)CCCCCc1ccc(OCCOc2ccc(C(=O)Nc3ccc(S(=O)(=O)OCCOc4ccccc4)cc3)cc2[N+](=O)[O-])cc1. The number of nitrogens with one attached hydrogen (secondary N) is 1. The quantitative estimate of drug-likeness (QED) is 0.0424. The van der Waals surface area contributed by atoms with Crippen LogP contribution in [0.5, 0.6) is 17.2 Å². The zero-order valence-electron chi connectivity index (χ0n) is 27.7. The molecular weight excluding hydrogens is 648 g/mol. The average molecular weight is 691 g/mol. The van der Waals surface area contributed by atoms with Gasteiger partial charge < -0.3 is 19.5 Å². The summed E-state index contributed by atoms with van der Waals surface area (Å²) in [5.74, 6) is 1.39. The van der Waals surface area contributed by atoms with Crippen LogP contribution < -0.4 is 19.5 Å². The molecule has 11 nitrogen and oxygen atoms in total. The summed E-state index contributed by atoms with van der Waals surface area (Å²) in [5, 5.41) is 14.4. The third-order valence-electron chi connectivity index (χ3n) is 7.43. The Hall–Kier alpha value is -4.94. The number of nitro groups is 1. The van der Waals surface area contributed by atoms with Gasteiger partial charge in [-0.1, -0.05) is 63.4 Å². The molecule has 0 aliphatic carbocycles. The van der Waals surface area contributed by atoms with E-state index in [4.69, 9.17) is 18.4 Å². The van der Waals surface area contributed by atoms with Crippen molar-refractivity contribution in [3.63, 3.8) is 0 Å². The molecule has 0 unspecified atom stereocenters. The van der Waals surface area contributed by atoms with Gasteiger partial charge >= 0.3 is 5.69 Å². The van der Waals surface area contributed by atoms with Crippen molar-refractivity contribution < 1.29 is 36.5 Å². The molecule has 12 heteroatoms. The summed E-state index contributed by atoms with van der Waals surface area (Å²) < 4.78 is 46.9. The molecular formula is C37H42N2O9S. The van der Waals surface area contributed by atoms with Gasteiger partial charge in [0.05, 0.1) is 9.82 Å². The first-order valence-corrected chi connectivity index (χ1v) is 17.6. The fraction of sp³-hybridized carbons (Fsp3) is 0.324. The molecule has 1 amide bonds. The van der Waals surface area contributed by atoms with Crippen molar-refractivity contribution in [1.29, 1.82) is 0 Å². The van der Waals surface area contributed by atoms with Gasteiger partial charge in [0.25, 0.3) is 16.0 Å². The molecule has 0 radical (unpaired) electrons. The minimum atomic E-state index is -4.06. The van der Waals surface area contributed by atoms with Crippen molar-refractivity contribution in [3.8, 4) is 17.2 Å². The third kappa shape index (κ3) is 12.2. The second-order valence-corrected chi connectivity index (χ2v) is 13.3. The Balaban J connectivity index is 1.23. The smallest absolute Gasteiger partial charge is 0.311 e. The molecule has 0 spiro atoms. The Morgan fingerprint density at radius 3 is 2.10 bits per heavy atom. The number of hydrogen-bond acceptors (Lipinski definition) is 9. The molecule has 0 bridgehead atoms. The maximum absolute atomic E-state index is 12.9. The Morgan fingerprint density at radius 1 is 0.776 bits per heavy atom. The van der Waals surface area contributed by atoms with E-state index in [1.807, 2.05) is 30.3 Å². The van der Waals surface area contributed by atoms with Crippen LogP contribution in [0.4, 0.5) is 11.4 Å². The van der Waals surface area contributed by atoms with E-state index in [0.717, 1.165) is 24.8 Å². The van der Waals surface area contributed by atoms with Crippen molar-refractivity contribution in [2.45, 2.75) is 50.8 Å². The van der Waals surface area contributed by atoms with Crippen LogP contribution >= 0.6 is 0 Å². The highest BCUT2D eigenvalue weighted by molar-refractivity contribution is 7.86. The molecule has 0 saturated heterocycles. The van der Waals surface area contributed by atoms with Crippen LogP contribution in [0.15, 0.2) is 102 Å². The Bertz CT molecular complexity index is 1750. The maximum Gasteiger partial charge on any atom is 0.311 e. The van der Waals surface area contributed by atoms with Crippen molar-refractivity contribution in [3.05, 3.63) is 118 Å². The minimum absolute atomic E-state index is 0.00157. The predicted octanol–water partition coefficient (Wildman–Crippen LogP) is 7.85. The van der Waals surface area contributed by atoms with E-state index < -0.39 is 20.9 Å². The molecule has 0 aliphatic heterocycles. The molecule has 4 rings (SSSR count). The molecule has 0 saturated carbocycles. The molecule has 0 atom stereocenters. The first-order chi connectivity index (χ1) is 23.6. The maximum atomic E-state index is 12.9. The van der Waals surface area contributed by atoms with Gasteiger partial charge in [0.1, 0.15) is 37.9 Å². The van der Waals surface area contributed by atoms with E-state index in [0.29, 0.717) is 11.5 Å². The number of rotatable bonds is 20. The van der Waals surface area contributed by atoms with E-state index in [1.165, 1.54) is 61.2 Å². The average Bonchev–Trinajstić information content (AvgIpc) is 3.09. The number of nitro benzene ring substituents is 1. The lowest BCUT2D eigenvalue weighted by molar-refractivity contribution is -0.385. The van der Waals surface area contributed by atoms with Crippen LogP contribution in [0.25, 0.3) is 0 Å². The summed E-state index contributed by atoms with van der Waals surface area (Å²) in [6.07, 6.45) is 5.91. The third-order valence-corrected chi connectivity index (χ3v) is 8.76. The van der Waals surface area contributed by atoms with Gasteiger partial charge in [0, 0.05) is 17.3 Å². The van der Waals surface area contributed by atoms with Gasteiger partial charge in [-0.15, -0.1) is 0 Å². The number of aryl methyl sites for hydroxylation is 1. The first-order valence-electron chi connectivity index (χ1n) is 16.2. The topological polar surface area (TPSA) is 143 Å². The second kappa shape index (κ2) is 18.6. The molecule has 4 aromatic carbocycles. The zero-order chi connectivity index (χ0) is 35.1. The Kier molecular flexibility index (Phi) is 14.0. The molecule has 0 aromatic heterocycles. The largest absolute Gasteiger partial charge is 0.491 e. The van der Waals surface area contributed by atoms with Crippen LogP contribution in [0.1, 0.15) is 55.5 Å². The fourth-order valence-electron chi connectivity index (χ4n) is 4.84. The lowest BCUT2D eigenvalue weighted by atomic mass is 10.0. The van der Waals surface area contributed by atoms with Crippen molar-refractivity contribution >= 4 is 27.4 Å². The van der Waals surface area contributed by atoms with Gasteiger partial charge in [-0.3, -0.25) is 19.1 Å². The molecule has 49 heavy (non-hydrogen) atoms. The minimum Gasteiger partial charge on any atom is -0.491 e. The summed E-state index contributed by atoms with van der Waals surface area (Å²) in [4.78, 5) is 23.9. The van der Waals surface area contributed by atoms with E-state index >= 15 is 0 Å². The molecule has 1 N–H and O–H groups in total. The number of nitrogens with zero attached hydrogens (tertiary/aromatic N) is 1. The van der Waals surface area contributed by atoms with Gasteiger partial charge in [0.2, 0.25) is 0 Å². The first kappa shape index (κ1) is 36.9. The van der Waals surface area contributed by atoms with E-state index in [-0.39, 0.29) is 54.0 Å². The van der Waals surface area contributed by atoms with Crippen molar-refractivity contribution in [2.75, 3.05) is 31.7 Å². The van der Waals surface area contributed by atoms with Crippen LogP contribution in [0.2, 0.25) is 0 Å². The lowest BCUT2D eigenvalue weighted by Crippen LogP contribution is -2.14. The highest BCUT2D eigenvalue weighted by Gasteiger charge is 2.20. The van der Waals surface area contributed by atoms with Gasteiger partial charge in [-0.05, 0) is 85.0 Å². The lowest BCUT2D eigenvalue weighted by Gasteiger charge is -2.11. The Morgan fingerprint density at radius 2 is 1.43 bits per heavy atom. The number of amides is 1. The van der Waals surface area contributed by atoms with E-state index in [1.54, 1.807) is 24.3 Å². The Labute approximate surface area is 287 Å². The second-order valence-electron chi connectivity index (χ2n) is 11.7. The standard InChI is InChI=1S/C37H42N2O9S/c1-28(2)9-5-3-6-10-29-13-18-33(19-14-29)45-23-24-47-36-22-15-30(27-35(36)39(41)42)37(40)38-31-16-20-34(21-17-31)49(43,44)48-26-25-46-32-11-7-4-8-12-32/h4,7-8,11-22,27-28H,3,5-6,9-10,23-26H2,1-2H3,(H,38,40). The van der Waals surface area contributed by atoms with E-state index in [9.17, 15) is 23.3 Å². The predicted molar refractivity (Wildman–Crippen MR) is 187 cm³/mol. The summed E-state index contributed by atoms with van der Waals surface area (Å²) in [6.45, 7) is 4.57. The van der Waals surface area contributed by atoms with Crippen molar-refractivity contribution in [2.24, 2.45) is 5.92 Å². The van der Waals surface area contributed by atoms with E-state index in [2.05, 4.69) is 19.2 Å². The number of carbonyl (C=O) groups excluding carboxylic acids is 1. The number of unbranched alkanes of at least 4 members (excludes halogenated alkanes) is 2. The van der Waals surface area contributed by atoms with Crippen LogP contribution in [0.3, 0.4) is 0 Å². The van der Waals surface area contributed by atoms with Gasteiger partial charge in [-0.2, -0.15) is 8.42 Å². The fourth-order valence-corrected chi connectivity index (χ4v) is 5.73. The summed E-state index contributed by atoms with van der Waals surface area (Å²) >= 11 is 0. The highest BCUT2D eigenvalue weighted by Crippen LogP contribution is 2.29. The summed E-state index contributed by atoms with van der Waals surface area (Å²) in [5.41, 5.74) is 1.18. The molecule has 0 aliphatic rings. The summed E-state index contributed by atoms with van der Waals surface area (Å²) in [7, 11) is -4.06. The van der Waals surface area contributed by atoms with Gasteiger partial charge in [-0.25, -0.2) is 0 Å². The molecule has 4 aromatic rings. The number of para-hydroxylation sites is 1. The van der Waals surface area contributed by atoms with Gasteiger partial charge in [0.15, 0.2) is 5.75 Å². The normalized spacial score (nSPS) is 11.2. The number of hydrogen-bond donors (Lipinski definition) is 1. The molecule has 260 valence electrons. The summed E-state index contributed by atoms with van der Waals surface area (Å²) in [6, 6.07) is 26.1. The highest BCUT2D eigenvalue weighted by atomic mass is 32.2. The number of ether oxygens (including phenoxy) is 3. The van der Waals surface area contributed by atoms with Crippen LogP contribution in [0, 0.1) is 16.0 Å².